The molecule has 0 radical (unpaired) electrons. The molecule has 0 spiro atoms. The van der Waals surface area contributed by atoms with E-state index in [0.29, 0.717) is 17.2 Å². The zero-order valence-corrected chi connectivity index (χ0v) is 13.2. The molecule has 1 aromatic carbocycles. The van der Waals surface area contributed by atoms with Crippen molar-refractivity contribution in [2.24, 2.45) is 0 Å². The number of benzene rings is 1. The summed E-state index contributed by atoms with van der Waals surface area (Å²) in [6.45, 7) is 0.266. The quantitative estimate of drug-likeness (QED) is 0.880. The van der Waals surface area contributed by atoms with Crippen molar-refractivity contribution in [3.8, 4) is 17.2 Å². The van der Waals surface area contributed by atoms with Crippen LogP contribution in [0, 0.1) is 5.82 Å². The van der Waals surface area contributed by atoms with E-state index < -0.39 is 5.82 Å². The highest BCUT2D eigenvalue weighted by atomic mass is 35.5. The zero-order valence-electron chi connectivity index (χ0n) is 12.4. The molecule has 0 fully saturated rings. The summed E-state index contributed by atoms with van der Waals surface area (Å²) in [6, 6.07) is 4.65. The average Bonchev–Trinajstić information content (AvgIpc) is 2.53. The fraction of sp³-hybridized carbons (Fsp3) is 0.267. The molecule has 0 aliphatic carbocycles. The maximum Gasteiger partial charge on any atom is 0.166 e. The van der Waals surface area contributed by atoms with Crippen molar-refractivity contribution in [1.82, 2.24) is 4.98 Å². The van der Waals surface area contributed by atoms with E-state index in [1.54, 1.807) is 33.5 Å². The molecule has 7 heteroatoms. The van der Waals surface area contributed by atoms with Crippen LogP contribution in [0.4, 0.5) is 10.2 Å². The minimum atomic E-state index is -0.529. The van der Waals surface area contributed by atoms with Gasteiger partial charge in [0.2, 0.25) is 0 Å². The molecule has 0 aliphatic rings. The summed E-state index contributed by atoms with van der Waals surface area (Å²) in [7, 11) is 4.64. The molecule has 0 unspecified atom stereocenters. The van der Waals surface area contributed by atoms with Crippen molar-refractivity contribution in [2.45, 2.75) is 6.54 Å². The maximum atomic E-state index is 13.7. The van der Waals surface area contributed by atoms with E-state index in [2.05, 4.69) is 10.3 Å². The summed E-state index contributed by atoms with van der Waals surface area (Å²) in [5.41, 5.74) is 0.724. The molecule has 0 atom stereocenters. The normalized spacial score (nSPS) is 10.2. The third-order valence-corrected chi connectivity index (χ3v) is 3.26. The third kappa shape index (κ3) is 3.51. The lowest BCUT2D eigenvalue weighted by atomic mass is 10.1. The second-order valence-corrected chi connectivity index (χ2v) is 4.78. The van der Waals surface area contributed by atoms with Crippen molar-refractivity contribution in [3.05, 3.63) is 40.8 Å². The monoisotopic (exact) mass is 326 g/mol. The van der Waals surface area contributed by atoms with Crippen LogP contribution in [0.25, 0.3) is 0 Å². The van der Waals surface area contributed by atoms with Crippen molar-refractivity contribution in [3.63, 3.8) is 0 Å². The van der Waals surface area contributed by atoms with Crippen molar-refractivity contribution in [1.29, 1.82) is 0 Å². The highest BCUT2D eigenvalue weighted by molar-refractivity contribution is 6.30. The number of nitrogens with zero attached hydrogens (tertiary/aromatic N) is 1. The third-order valence-electron chi connectivity index (χ3n) is 3.06. The van der Waals surface area contributed by atoms with Gasteiger partial charge < -0.3 is 19.5 Å². The molecule has 1 heterocycles. The van der Waals surface area contributed by atoms with Crippen LogP contribution in [0.5, 0.6) is 17.2 Å². The van der Waals surface area contributed by atoms with E-state index in [0.717, 1.165) is 5.56 Å². The van der Waals surface area contributed by atoms with Gasteiger partial charge in [-0.25, -0.2) is 9.37 Å². The van der Waals surface area contributed by atoms with Gasteiger partial charge in [-0.3, -0.25) is 0 Å². The predicted molar refractivity (Wildman–Crippen MR) is 82.6 cm³/mol. The fourth-order valence-electron chi connectivity index (χ4n) is 1.97. The topological polar surface area (TPSA) is 52.6 Å². The minimum Gasteiger partial charge on any atom is -0.496 e. The van der Waals surface area contributed by atoms with E-state index in [4.69, 9.17) is 25.8 Å². The molecule has 1 aromatic heterocycles. The summed E-state index contributed by atoms with van der Waals surface area (Å²) >= 11 is 5.68. The summed E-state index contributed by atoms with van der Waals surface area (Å²) in [5, 5.41) is 3.14. The Morgan fingerprint density at radius 3 is 2.23 bits per heavy atom. The Bertz CT molecular complexity index is 642. The fourth-order valence-corrected chi connectivity index (χ4v) is 2.11. The number of anilines is 1. The van der Waals surface area contributed by atoms with Crippen molar-refractivity contribution >= 4 is 17.4 Å². The molecule has 5 nitrogen and oxygen atoms in total. The molecule has 0 aliphatic heterocycles. The molecule has 0 saturated heterocycles. The van der Waals surface area contributed by atoms with E-state index in [-0.39, 0.29) is 17.4 Å². The SMILES string of the molecule is COc1cc(OC)c(CNc2ncc(Cl)cc2F)c(OC)c1. The smallest absolute Gasteiger partial charge is 0.166 e. The Morgan fingerprint density at radius 2 is 1.73 bits per heavy atom. The first-order chi connectivity index (χ1) is 10.6. The van der Waals surface area contributed by atoms with Gasteiger partial charge in [-0.2, -0.15) is 0 Å². The second-order valence-electron chi connectivity index (χ2n) is 4.35. The number of methoxy groups -OCH3 is 3. The Balaban J connectivity index is 2.28. The van der Waals surface area contributed by atoms with Crippen LogP contribution in [0.1, 0.15) is 5.56 Å². The van der Waals surface area contributed by atoms with Gasteiger partial charge in [-0.05, 0) is 6.07 Å². The van der Waals surface area contributed by atoms with Gasteiger partial charge in [0.1, 0.15) is 17.2 Å². The number of nitrogens with one attached hydrogen (secondary N) is 1. The summed E-state index contributed by atoms with van der Waals surface area (Å²) in [4.78, 5) is 3.91. The molecule has 2 rings (SSSR count). The maximum absolute atomic E-state index is 13.7. The van der Waals surface area contributed by atoms with Crippen LogP contribution >= 0.6 is 11.6 Å². The summed E-state index contributed by atoms with van der Waals surface area (Å²) < 4.78 is 29.6. The Hall–Kier alpha value is -2.21. The Kier molecular flexibility index (Phi) is 5.27. The number of rotatable bonds is 6. The van der Waals surface area contributed by atoms with E-state index in [1.165, 1.54) is 12.3 Å². The minimum absolute atomic E-state index is 0.101. The first-order valence-corrected chi connectivity index (χ1v) is 6.80. The van der Waals surface area contributed by atoms with Crippen LogP contribution < -0.4 is 19.5 Å². The van der Waals surface area contributed by atoms with Crippen molar-refractivity contribution < 1.29 is 18.6 Å². The number of halogens is 2. The van der Waals surface area contributed by atoms with E-state index in [9.17, 15) is 4.39 Å². The van der Waals surface area contributed by atoms with Gasteiger partial charge in [0.15, 0.2) is 11.6 Å². The predicted octanol–water partition coefficient (Wildman–Crippen LogP) is 3.51. The molecule has 22 heavy (non-hydrogen) atoms. The highest BCUT2D eigenvalue weighted by Gasteiger charge is 2.14. The number of ether oxygens (including phenoxy) is 3. The Labute approximate surface area is 133 Å². The number of pyridine rings is 1. The molecule has 0 saturated carbocycles. The van der Waals surface area contributed by atoms with E-state index >= 15 is 0 Å². The summed E-state index contributed by atoms with van der Waals surface area (Å²) in [5.74, 6) is 1.31. The Morgan fingerprint density at radius 1 is 1.09 bits per heavy atom. The van der Waals surface area contributed by atoms with Crippen LogP contribution in [0.3, 0.4) is 0 Å². The molecule has 0 amide bonds. The molecule has 2 aromatic rings. The number of aromatic nitrogens is 1. The van der Waals surface area contributed by atoms with Gasteiger partial charge in [-0.1, -0.05) is 11.6 Å². The van der Waals surface area contributed by atoms with Gasteiger partial charge >= 0.3 is 0 Å². The van der Waals surface area contributed by atoms with E-state index in [1.807, 2.05) is 0 Å². The highest BCUT2D eigenvalue weighted by Crippen LogP contribution is 2.34. The number of hydrogen-bond donors (Lipinski definition) is 1. The largest absolute Gasteiger partial charge is 0.496 e. The van der Waals surface area contributed by atoms with Gasteiger partial charge in [-0.15, -0.1) is 0 Å². The van der Waals surface area contributed by atoms with Gasteiger partial charge in [0, 0.05) is 24.9 Å². The zero-order chi connectivity index (χ0) is 16.1. The lowest BCUT2D eigenvalue weighted by Gasteiger charge is -2.16. The number of hydrogen-bond acceptors (Lipinski definition) is 5. The van der Waals surface area contributed by atoms with Gasteiger partial charge in [0.05, 0.1) is 31.9 Å². The molecule has 118 valence electrons. The van der Waals surface area contributed by atoms with Gasteiger partial charge in [0.25, 0.3) is 0 Å². The van der Waals surface area contributed by atoms with Crippen LogP contribution in [-0.4, -0.2) is 26.3 Å². The second kappa shape index (κ2) is 7.17. The first-order valence-electron chi connectivity index (χ1n) is 6.42. The summed E-state index contributed by atoms with van der Waals surface area (Å²) in [6.07, 6.45) is 1.37. The van der Waals surface area contributed by atoms with Crippen LogP contribution in [-0.2, 0) is 6.54 Å². The lowest BCUT2D eigenvalue weighted by molar-refractivity contribution is 0.369. The standard InChI is InChI=1S/C15H16ClFN2O3/c1-20-10-5-13(21-2)11(14(6-10)22-3)8-19-15-12(17)4-9(16)7-18-15/h4-7H,8H2,1-3H3,(H,18,19). The molecule has 0 bridgehead atoms. The van der Waals surface area contributed by atoms with Crippen molar-refractivity contribution in [2.75, 3.05) is 26.6 Å². The average molecular weight is 327 g/mol. The van der Waals surface area contributed by atoms with Crippen LogP contribution in [0.15, 0.2) is 24.4 Å². The molecule has 1 N–H and O–H groups in total. The van der Waals surface area contributed by atoms with Crippen LogP contribution in [0.2, 0.25) is 5.02 Å². The molecular formula is C15H16ClFN2O3. The lowest BCUT2D eigenvalue weighted by Crippen LogP contribution is -2.07. The first kappa shape index (κ1) is 16.2. The molecular weight excluding hydrogens is 311 g/mol.